The summed E-state index contributed by atoms with van der Waals surface area (Å²) < 4.78 is 0. The van der Waals surface area contributed by atoms with E-state index < -0.39 is 0 Å². The Balaban J connectivity index is 1.52. The Hall–Kier alpha value is -1.55. The number of urea groups is 1. The normalized spacial score (nSPS) is 33.5. The van der Waals surface area contributed by atoms with E-state index in [2.05, 4.69) is 52.9 Å². The van der Waals surface area contributed by atoms with Gasteiger partial charge in [-0.15, -0.1) is 0 Å². The van der Waals surface area contributed by atoms with Crippen LogP contribution in [0.3, 0.4) is 0 Å². The molecule has 130 valence electrons. The average Bonchev–Trinajstić information content (AvgIpc) is 2.89. The molecule has 1 aromatic carbocycles. The minimum Gasteiger partial charge on any atom is -0.336 e. The molecule has 4 rings (SSSR count). The number of benzene rings is 1. The molecule has 3 aliphatic rings. The number of nitrogens with zero attached hydrogens (tertiary/aromatic N) is 1. The van der Waals surface area contributed by atoms with Gasteiger partial charge in [-0.2, -0.15) is 0 Å². The van der Waals surface area contributed by atoms with Crippen LogP contribution in [0.1, 0.15) is 50.5 Å². The van der Waals surface area contributed by atoms with Crippen molar-refractivity contribution in [3.63, 3.8) is 0 Å². The third kappa shape index (κ3) is 2.52. The van der Waals surface area contributed by atoms with Gasteiger partial charge in [0.15, 0.2) is 0 Å². The number of amides is 2. The summed E-state index contributed by atoms with van der Waals surface area (Å²) in [5, 5.41) is 6.74. The van der Waals surface area contributed by atoms with Gasteiger partial charge in [-0.3, -0.25) is 0 Å². The van der Waals surface area contributed by atoms with Crippen LogP contribution < -0.4 is 10.6 Å². The van der Waals surface area contributed by atoms with Crippen molar-refractivity contribution < 1.29 is 4.79 Å². The zero-order valence-electron chi connectivity index (χ0n) is 14.7. The molecule has 3 fully saturated rings. The van der Waals surface area contributed by atoms with E-state index in [0.29, 0.717) is 0 Å². The maximum absolute atomic E-state index is 12.4. The van der Waals surface area contributed by atoms with Gasteiger partial charge < -0.3 is 15.5 Å². The van der Waals surface area contributed by atoms with Gasteiger partial charge in [0.05, 0.1) is 5.54 Å². The Morgan fingerprint density at radius 1 is 1.17 bits per heavy atom. The maximum atomic E-state index is 12.4. The van der Waals surface area contributed by atoms with E-state index in [1.807, 2.05) is 0 Å². The van der Waals surface area contributed by atoms with Crippen molar-refractivity contribution in [2.24, 2.45) is 5.92 Å². The van der Waals surface area contributed by atoms with Gasteiger partial charge >= 0.3 is 6.03 Å². The van der Waals surface area contributed by atoms with Crippen LogP contribution in [0, 0.1) is 5.92 Å². The van der Waals surface area contributed by atoms with Crippen molar-refractivity contribution in [3.8, 4) is 0 Å². The van der Waals surface area contributed by atoms with E-state index in [1.165, 1.54) is 24.8 Å². The summed E-state index contributed by atoms with van der Waals surface area (Å²) in [5.41, 5.74) is 1.48. The molecule has 2 amide bonds. The van der Waals surface area contributed by atoms with Crippen molar-refractivity contribution >= 4 is 6.03 Å². The number of nitrogens with one attached hydrogen (secondary N) is 2. The van der Waals surface area contributed by atoms with Gasteiger partial charge in [0.1, 0.15) is 0 Å². The molecule has 1 spiro atoms. The first-order valence-electron chi connectivity index (χ1n) is 9.47. The second-order valence-corrected chi connectivity index (χ2v) is 7.99. The van der Waals surface area contributed by atoms with E-state index in [4.69, 9.17) is 0 Å². The SMILES string of the molecule is CNC1(c2ccccc2)CCC2(CC1)CNC(=O)N2CC1CCC1. The van der Waals surface area contributed by atoms with Crippen molar-refractivity contribution in [1.29, 1.82) is 0 Å². The van der Waals surface area contributed by atoms with Crippen LogP contribution in [0.5, 0.6) is 0 Å². The minimum atomic E-state index is 0.0435. The molecule has 4 heteroatoms. The lowest BCUT2D eigenvalue weighted by Crippen LogP contribution is -2.56. The van der Waals surface area contributed by atoms with Crippen LogP contribution in [-0.2, 0) is 5.54 Å². The quantitative estimate of drug-likeness (QED) is 0.892. The van der Waals surface area contributed by atoms with Gasteiger partial charge in [0.2, 0.25) is 0 Å². The number of carbonyl (C=O) groups is 1. The Morgan fingerprint density at radius 2 is 1.88 bits per heavy atom. The molecule has 0 bridgehead atoms. The van der Waals surface area contributed by atoms with Crippen LogP contribution in [0.2, 0.25) is 0 Å². The maximum Gasteiger partial charge on any atom is 0.318 e. The van der Waals surface area contributed by atoms with Crippen LogP contribution in [-0.4, -0.2) is 36.6 Å². The number of hydrogen-bond donors (Lipinski definition) is 2. The predicted molar refractivity (Wildman–Crippen MR) is 95.8 cm³/mol. The molecule has 0 atom stereocenters. The lowest BCUT2D eigenvalue weighted by molar-refractivity contribution is 0.0591. The highest BCUT2D eigenvalue weighted by Gasteiger charge is 2.51. The molecule has 1 saturated heterocycles. The van der Waals surface area contributed by atoms with Crippen molar-refractivity contribution in [3.05, 3.63) is 35.9 Å². The minimum absolute atomic E-state index is 0.0435. The van der Waals surface area contributed by atoms with E-state index >= 15 is 0 Å². The lowest BCUT2D eigenvalue weighted by Gasteiger charge is -2.49. The van der Waals surface area contributed by atoms with Crippen LogP contribution in [0.25, 0.3) is 0 Å². The van der Waals surface area contributed by atoms with Crippen LogP contribution in [0.15, 0.2) is 30.3 Å². The molecular formula is C20H29N3O. The van der Waals surface area contributed by atoms with Crippen molar-refractivity contribution in [2.45, 2.75) is 56.0 Å². The Kier molecular flexibility index (Phi) is 4.03. The standard InChI is InChI=1S/C20H29N3O/c1-21-20(17-8-3-2-4-9-17)12-10-19(11-13-20)15-22-18(24)23(19)14-16-6-5-7-16/h2-4,8-9,16,21H,5-7,10-15H2,1H3,(H,22,24). The first kappa shape index (κ1) is 15.9. The second-order valence-electron chi connectivity index (χ2n) is 7.99. The molecule has 0 radical (unpaired) electrons. The Bertz CT molecular complexity index is 588. The highest BCUT2D eigenvalue weighted by atomic mass is 16.2. The fourth-order valence-electron chi connectivity index (χ4n) is 4.89. The van der Waals surface area contributed by atoms with Gasteiger partial charge in [-0.1, -0.05) is 36.8 Å². The molecule has 2 aliphatic carbocycles. The zero-order valence-corrected chi connectivity index (χ0v) is 14.7. The summed E-state index contributed by atoms with van der Waals surface area (Å²) in [6.07, 6.45) is 8.26. The van der Waals surface area contributed by atoms with Gasteiger partial charge in [0, 0.05) is 18.6 Å². The molecule has 2 saturated carbocycles. The van der Waals surface area contributed by atoms with E-state index in [1.54, 1.807) is 0 Å². The molecule has 1 aliphatic heterocycles. The highest BCUT2D eigenvalue weighted by Crippen LogP contribution is 2.45. The third-order valence-electron chi connectivity index (χ3n) is 6.89. The molecule has 0 aromatic heterocycles. The van der Waals surface area contributed by atoms with Crippen molar-refractivity contribution in [2.75, 3.05) is 20.1 Å². The summed E-state index contributed by atoms with van der Waals surface area (Å²) in [5.74, 6) is 0.732. The smallest absolute Gasteiger partial charge is 0.318 e. The Morgan fingerprint density at radius 3 is 2.46 bits per heavy atom. The van der Waals surface area contributed by atoms with Gasteiger partial charge in [-0.25, -0.2) is 4.79 Å². The summed E-state index contributed by atoms with van der Waals surface area (Å²) in [6, 6.07) is 11.0. The zero-order chi connectivity index (χ0) is 16.6. The third-order valence-corrected chi connectivity index (χ3v) is 6.89. The number of rotatable bonds is 4. The fourth-order valence-corrected chi connectivity index (χ4v) is 4.89. The summed E-state index contributed by atoms with van der Waals surface area (Å²) in [6.45, 7) is 1.79. The molecule has 0 unspecified atom stereocenters. The first-order valence-corrected chi connectivity index (χ1v) is 9.47. The summed E-state index contributed by atoms with van der Waals surface area (Å²) in [4.78, 5) is 14.6. The lowest BCUT2D eigenvalue weighted by atomic mass is 9.68. The molecule has 1 heterocycles. The molecular weight excluding hydrogens is 298 g/mol. The monoisotopic (exact) mass is 327 g/mol. The molecule has 4 nitrogen and oxygen atoms in total. The molecule has 1 aromatic rings. The summed E-state index contributed by atoms with van der Waals surface area (Å²) in [7, 11) is 2.08. The number of carbonyl (C=O) groups excluding carboxylic acids is 1. The Labute approximate surface area is 145 Å². The molecule has 24 heavy (non-hydrogen) atoms. The van der Waals surface area contributed by atoms with Crippen LogP contribution in [0.4, 0.5) is 4.79 Å². The van der Waals surface area contributed by atoms with E-state index in [9.17, 15) is 4.79 Å². The first-order chi connectivity index (χ1) is 11.7. The summed E-state index contributed by atoms with van der Waals surface area (Å²) >= 11 is 0. The van der Waals surface area contributed by atoms with Gasteiger partial charge in [0.25, 0.3) is 0 Å². The fraction of sp³-hybridized carbons (Fsp3) is 0.650. The van der Waals surface area contributed by atoms with E-state index in [0.717, 1.165) is 44.7 Å². The molecule has 2 N–H and O–H groups in total. The highest BCUT2D eigenvalue weighted by molar-refractivity contribution is 5.78. The van der Waals surface area contributed by atoms with E-state index in [-0.39, 0.29) is 17.1 Å². The second kappa shape index (κ2) is 6.07. The van der Waals surface area contributed by atoms with Crippen molar-refractivity contribution in [1.82, 2.24) is 15.5 Å². The van der Waals surface area contributed by atoms with Gasteiger partial charge in [-0.05, 0) is 57.1 Å². The number of hydrogen-bond acceptors (Lipinski definition) is 2. The van der Waals surface area contributed by atoms with Crippen LogP contribution >= 0.6 is 0 Å². The largest absolute Gasteiger partial charge is 0.336 e. The topological polar surface area (TPSA) is 44.4 Å². The average molecular weight is 327 g/mol. The predicted octanol–water partition coefficient (Wildman–Crippen LogP) is 3.24.